The number of hydrazine groups is 1. The molecule has 0 fully saturated rings. The van der Waals surface area contributed by atoms with E-state index in [9.17, 15) is 8.42 Å². The van der Waals surface area contributed by atoms with Crippen LogP contribution in [0.25, 0.3) is 0 Å². The maximum atomic E-state index is 11.8. The Morgan fingerprint density at radius 1 is 1.44 bits per heavy atom. The van der Waals surface area contributed by atoms with Gasteiger partial charge in [-0.05, 0) is 12.1 Å². The van der Waals surface area contributed by atoms with Crippen molar-refractivity contribution in [2.45, 2.75) is 4.90 Å². The molecule has 0 radical (unpaired) electrons. The first-order chi connectivity index (χ1) is 7.33. The van der Waals surface area contributed by atoms with Crippen molar-refractivity contribution in [1.82, 2.24) is 9.84 Å². The third-order valence-electron chi connectivity index (χ3n) is 1.73. The van der Waals surface area contributed by atoms with Crippen LogP contribution in [0.3, 0.4) is 0 Å². The Bertz CT molecular complexity index is 497. The summed E-state index contributed by atoms with van der Waals surface area (Å²) in [6, 6.07) is 6.18. The van der Waals surface area contributed by atoms with Crippen molar-refractivity contribution < 1.29 is 8.42 Å². The van der Waals surface area contributed by atoms with E-state index in [0.717, 1.165) is 0 Å². The van der Waals surface area contributed by atoms with Gasteiger partial charge in [0, 0.05) is 19.7 Å². The maximum absolute atomic E-state index is 11.8. The monoisotopic (exact) mass is 259 g/mol. The maximum Gasteiger partial charge on any atom is 0.253 e. The number of hydrogen-bond donors (Lipinski definition) is 2. The third kappa shape index (κ3) is 3.24. The van der Waals surface area contributed by atoms with Gasteiger partial charge >= 0.3 is 0 Å². The number of sulfonamides is 1. The molecule has 0 aromatic heterocycles. The molecule has 1 aromatic carbocycles. The predicted octanol–water partition coefficient (Wildman–Crippen LogP) is 0.0757. The fourth-order valence-electron chi connectivity index (χ4n) is 1.11. The lowest BCUT2D eigenvalue weighted by atomic mass is 10.2. The second-order valence-electron chi connectivity index (χ2n) is 3.38. The van der Waals surface area contributed by atoms with E-state index in [2.05, 4.69) is 4.83 Å². The molecule has 0 saturated carbocycles. The van der Waals surface area contributed by atoms with Crippen LogP contribution < -0.4 is 10.6 Å². The molecule has 16 heavy (non-hydrogen) atoms. The highest BCUT2D eigenvalue weighted by Gasteiger charge is 2.15. The minimum atomic E-state index is -3.55. The third-order valence-corrected chi connectivity index (χ3v) is 3.45. The molecule has 0 aliphatic rings. The number of nitrogens with one attached hydrogen (secondary N) is 1. The lowest BCUT2D eigenvalue weighted by Crippen LogP contribution is -2.36. The van der Waals surface area contributed by atoms with Crippen molar-refractivity contribution >= 4 is 27.2 Å². The fraction of sp³-hybridized carbons (Fsp3) is 0.222. The van der Waals surface area contributed by atoms with Crippen LogP contribution >= 0.6 is 12.2 Å². The number of nitrogens with two attached hydrogens (primary N) is 1. The van der Waals surface area contributed by atoms with Crippen LogP contribution in [0.1, 0.15) is 5.56 Å². The van der Waals surface area contributed by atoms with Crippen molar-refractivity contribution in [1.29, 1.82) is 0 Å². The van der Waals surface area contributed by atoms with E-state index in [0.29, 0.717) is 5.56 Å². The van der Waals surface area contributed by atoms with E-state index in [-0.39, 0.29) is 9.88 Å². The van der Waals surface area contributed by atoms with Crippen molar-refractivity contribution in [2.75, 3.05) is 14.1 Å². The standard InChI is InChI=1S/C9H13N3O2S2/c1-12(2)11-16(13,14)8-5-3-4-7(6-8)9(10)15/h3-6,11H,1-2H3,(H2,10,15). The topological polar surface area (TPSA) is 75.4 Å². The number of hydrogen-bond acceptors (Lipinski definition) is 4. The van der Waals surface area contributed by atoms with Crippen molar-refractivity contribution in [2.24, 2.45) is 5.73 Å². The molecular formula is C9H13N3O2S2. The van der Waals surface area contributed by atoms with E-state index < -0.39 is 10.0 Å². The van der Waals surface area contributed by atoms with E-state index in [1.807, 2.05) is 0 Å². The van der Waals surface area contributed by atoms with Crippen molar-refractivity contribution in [3.63, 3.8) is 0 Å². The predicted molar refractivity (Wildman–Crippen MR) is 66.3 cm³/mol. The van der Waals surface area contributed by atoms with Crippen LogP contribution in [-0.4, -0.2) is 32.5 Å². The quantitative estimate of drug-likeness (QED) is 0.591. The number of benzene rings is 1. The molecule has 0 amide bonds. The van der Waals surface area contributed by atoms with Gasteiger partial charge in [0.1, 0.15) is 4.99 Å². The first kappa shape index (κ1) is 13.0. The van der Waals surface area contributed by atoms with Gasteiger partial charge < -0.3 is 5.73 Å². The van der Waals surface area contributed by atoms with E-state index in [1.165, 1.54) is 17.1 Å². The zero-order valence-electron chi connectivity index (χ0n) is 8.97. The minimum absolute atomic E-state index is 0.131. The summed E-state index contributed by atoms with van der Waals surface area (Å²) >= 11 is 4.78. The second kappa shape index (κ2) is 4.88. The first-order valence-electron chi connectivity index (χ1n) is 4.42. The Morgan fingerprint density at radius 3 is 2.56 bits per heavy atom. The number of rotatable bonds is 4. The van der Waals surface area contributed by atoms with Crippen molar-refractivity contribution in [3.05, 3.63) is 29.8 Å². The van der Waals surface area contributed by atoms with Gasteiger partial charge in [0.15, 0.2) is 0 Å². The van der Waals surface area contributed by atoms with Gasteiger partial charge in [-0.2, -0.15) is 0 Å². The zero-order valence-corrected chi connectivity index (χ0v) is 10.6. The van der Waals surface area contributed by atoms with Gasteiger partial charge in [0.25, 0.3) is 10.0 Å². The summed E-state index contributed by atoms with van der Waals surface area (Å²) in [5, 5.41) is 1.35. The van der Waals surface area contributed by atoms with Gasteiger partial charge in [-0.3, -0.25) is 0 Å². The SMILES string of the molecule is CN(C)NS(=O)(=O)c1cccc(C(N)=S)c1. The Kier molecular flexibility index (Phi) is 3.98. The Hall–Kier alpha value is -1.02. The Balaban J connectivity index is 3.14. The summed E-state index contributed by atoms with van der Waals surface area (Å²) in [5.41, 5.74) is 5.96. The Labute approximate surface area is 100 Å². The summed E-state index contributed by atoms with van der Waals surface area (Å²) in [4.78, 5) is 2.62. The van der Waals surface area contributed by atoms with Crippen LogP contribution in [0.2, 0.25) is 0 Å². The summed E-state index contributed by atoms with van der Waals surface area (Å²) in [6.45, 7) is 0. The molecule has 7 heteroatoms. The first-order valence-corrected chi connectivity index (χ1v) is 6.32. The van der Waals surface area contributed by atoms with Crippen molar-refractivity contribution in [3.8, 4) is 0 Å². The van der Waals surface area contributed by atoms with Crippen LogP contribution in [-0.2, 0) is 10.0 Å². The molecular weight excluding hydrogens is 246 g/mol. The molecule has 1 aromatic rings. The molecule has 88 valence electrons. The highest BCUT2D eigenvalue weighted by atomic mass is 32.2. The highest BCUT2D eigenvalue weighted by Crippen LogP contribution is 2.11. The van der Waals surface area contributed by atoms with Gasteiger partial charge in [-0.15, -0.1) is 4.83 Å². The normalized spacial score (nSPS) is 11.7. The molecule has 0 saturated heterocycles. The smallest absolute Gasteiger partial charge is 0.253 e. The van der Waals surface area contributed by atoms with Crippen LogP contribution in [0, 0.1) is 0 Å². The molecule has 5 nitrogen and oxygen atoms in total. The van der Waals surface area contributed by atoms with Gasteiger partial charge in [-0.25, -0.2) is 13.4 Å². The highest BCUT2D eigenvalue weighted by molar-refractivity contribution is 7.89. The second-order valence-corrected chi connectivity index (χ2v) is 5.48. The van der Waals surface area contributed by atoms with Gasteiger partial charge in [0.05, 0.1) is 4.90 Å². The van der Waals surface area contributed by atoms with Crippen LogP contribution in [0.4, 0.5) is 0 Å². The van der Waals surface area contributed by atoms with E-state index >= 15 is 0 Å². The molecule has 3 N–H and O–H groups in total. The summed E-state index contributed by atoms with van der Waals surface area (Å²) in [6.07, 6.45) is 0. The zero-order chi connectivity index (χ0) is 12.3. The summed E-state index contributed by atoms with van der Waals surface area (Å²) < 4.78 is 23.6. The van der Waals surface area contributed by atoms with Crippen LogP contribution in [0.5, 0.6) is 0 Å². The number of nitrogens with zero attached hydrogens (tertiary/aromatic N) is 1. The van der Waals surface area contributed by atoms with E-state index in [4.69, 9.17) is 18.0 Å². The minimum Gasteiger partial charge on any atom is -0.389 e. The summed E-state index contributed by atoms with van der Waals surface area (Å²) in [7, 11) is -0.370. The molecule has 0 unspecified atom stereocenters. The number of thiocarbonyl (C=S) groups is 1. The average Bonchev–Trinajstić information content (AvgIpc) is 2.16. The van der Waals surface area contributed by atoms with Crippen LogP contribution in [0.15, 0.2) is 29.2 Å². The largest absolute Gasteiger partial charge is 0.389 e. The lowest BCUT2D eigenvalue weighted by Gasteiger charge is -2.12. The summed E-state index contributed by atoms with van der Waals surface area (Å²) in [5.74, 6) is 0. The molecule has 0 heterocycles. The molecule has 0 aliphatic heterocycles. The molecule has 1 rings (SSSR count). The van der Waals surface area contributed by atoms with E-state index in [1.54, 1.807) is 26.2 Å². The molecule has 0 atom stereocenters. The van der Waals surface area contributed by atoms with Gasteiger partial charge in [-0.1, -0.05) is 24.4 Å². The molecule has 0 aliphatic carbocycles. The lowest BCUT2D eigenvalue weighted by molar-refractivity contribution is 0.364. The Morgan fingerprint density at radius 2 is 2.06 bits per heavy atom. The average molecular weight is 259 g/mol. The fourth-order valence-corrected chi connectivity index (χ4v) is 2.36. The molecule has 0 spiro atoms. The molecule has 0 bridgehead atoms. The van der Waals surface area contributed by atoms with Gasteiger partial charge in [0.2, 0.25) is 0 Å².